The van der Waals surface area contributed by atoms with Gasteiger partial charge in [0.15, 0.2) is 0 Å². The first-order valence-corrected chi connectivity index (χ1v) is 6.47. The standard InChI is InChI=1S/C14H24N2O2/c1-9(2)8-16-12(5)13(11(4)15-16)7-10(3)14(17)18-6/h9-10H,7-8H2,1-6H3. The van der Waals surface area contributed by atoms with E-state index in [0.29, 0.717) is 12.3 Å². The van der Waals surface area contributed by atoms with Gasteiger partial charge < -0.3 is 4.74 Å². The largest absolute Gasteiger partial charge is 0.469 e. The fraction of sp³-hybridized carbons (Fsp3) is 0.714. The van der Waals surface area contributed by atoms with Gasteiger partial charge >= 0.3 is 5.97 Å². The van der Waals surface area contributed by atoms with Crippen molar-refractivity contribution >= 4 is 5.97 Å². The maximum atomic E-state index is 11.5. The van der Waals surface area contributed by atoms with Crippen molar-refractivity contribution < 1.29 is 9.53 Å². The first kappa shape index (κ1) is 14.7. The lowest BCUT2D eigenvalue weighted by molar-refractivity contribution is -0.144. The number of nitrogens with zero attached hydrogens (tertiary/aromatic N) is 2. The third-order valence-electron chi connectivity index (χ3n) is 3.18. The Morgan fingerprint density at radius 3 is 2.44 bits per heavy atom. The Labute approximate surface area is 109 Å². The van der Waals surface area contributed by atoms with E-state index >= 15 is 0 Å². The average Bonchev–Trinajstić information content (AvgIpc) is 2.55. The van der Waals surface area contributed by atoms with Crippen molar-refractivity contribution in [2.45, 2.75) is 47.6 Å². The van der Waals surface area contributed by atoms with Crippen LogP contribution in [0.15, 0.2) is 0 Å². The van der Waals surface area contributed by atoms with Gasteiger partial charge in [0.25, 0.3) is 0 Å². The molecule has 0 radical (unpaired) electrons. The van der Waals surface area contributed by atoms with Crippen LogP contribution in [0.4, 0.5) is 0 Å². The summed E-state index contributed by atoms with van der Waals surface area (Å²) in [5.74, 6) is 0.281. The van der Waals surface area contributed by atoms with Crippen molar-refractivity contribution in [1.82, 2.24) is 9.78 Å². The Bertz CT molecular complexity index is 422. The van der Waals surface area contributed by atoms with E-state index in [9.17, 15) is 4.79 Å². The van der Waals surface area contributed by atoms with Crippen LogP contribution in [0.3, 0.4) is 0 Å². The Morgan fingerprint density at radius 1 is 1.33 bits per heavy atom. The molecule has 1 heterocycles. The second-order valence-corrected chi connectivity index (χ2v) is 5.35. The molecule has 0 bridgehead atoms. The van der Waals surface area contributed by atoms with Crippen LogP contribution in [0.25, 0.3) is 0 Å². The predicted molar refractivity (Wildman–Crippen MR) is 71.4 cm³/mol. The van der Waals surface area contributed by atoms with Gasteiger partial charge in [0, 0.05) is 12.2 Å². The van der Waals surface area contributed by atoms with Crippen LogP contribution in [0.5, 0.6) is 0 Å². The Hall–Kier alpha value is -1.32. The summed E-state index contributed by atoms with van der Waals surface area (Å²) in [7, 11) is 1.43. The number of carbonyl (C=O) groups is 1. The molecule has 18 heavy (non-hydrogen) atoms. The number of hydrogen-bond donors (Lipinski definition) is 0. The van der Waals surface area contributed by atoms with Crippen LogP contribution in [-0.2, 0) is 22.5 Å². The van der Waals surface area contributed by atoms with Crippen LogP contribution >= 0.6 is 0 Å². The molecule has 4 heteroatoms. The number of esters is 1. The van der Waals surface area contributed by atoms with Crippen molar-refractivity contribution in [2.24, 2.45) is 11.8 Å². The zero-order chi connectivity index (χ0) is 13.9. The van der Waals surface area contributed by atoms with Gasteiger partial charge in [-0.3, -0.25) is 9.48 Å². The quantitative estimate of drug-likeness (QED) is 0.756. The minimum absolute atomic E-state index is 0.121. The highest BCUT2D eigenvalue weighted by Crippen LogP contribution is 2.19. The Balaban J connectivity index is 2.89. The van der Waals surface area contributed by atoms with Crippen LogP contribution < -0.4 is 0 Å². The molecule has 0 spiro atoms. The summed E-state index contributed by atoms with van der Waals surface area (Å²) < 4.78 is 6.81. The molecule has 0 aromatic carbocycles. The molecule has 0 saturated carbocycles. The monoisotopic (exact) mass is 252 g/mol. The highest BCUT2D eigenvalue weighted by atomic mass is 16.5. The molecule has 4 nitrogen and oxygen atoms in total. The SMILES string of the molecule is COC(=O)C(C)Cc1c(C)nn(CC(C)C)c1C. The molecule has 102 valence electrons. The second-order valence-electron chi connectivity index (χ2n) is 5.35. The lowest BCUT2D eigenvalue weighted by atomic mass is 10.00. The van der Waals surface area contributed by atoms with E-state index in [-0.39, 0.29) is 11.9 Å². The van der Waals surface area contributed by atoms with E-state index in [1.165, 1.54) is 12.7 Å². The minimum atomic E-state index is -0.162. The van der Waals surface area contributed by atoms with E-state index in [4.69, 9.17) is 4.74 Å². The van der Waals surface area contributed by atoms with Gasteiger partial charge in [-0.1, -0.05) is 20.8 Å². The van der Waals surface area contributed by atoms with Crippen molar-refractivity contribution in [3.63, 3.8) is 0 Å². The maximum absolute atomic E-state index is 11.5. The zero-order valence-corrected chi connectivity index (χ0v) is 12.3. The molecule has 0 aliphatic rings. The number of rotatable bonds is 5. The number of hydrogen-bond acceptors (Lipinski definition) is 3. The molecule has 1 aromatic heterocycles. The number of ether oxygens (including phenoxy) is 1. The molecule has 0 aliphatic heterocycles. The Morgan fingerprint density at radius 2 is 1.94 bits per heavy atom. The van der Waals surface area contributed by atoms with Crippen LogP contribution in [-0.4, -0.2) is 22.9 Å². The lowest BCUT2D eigenvalue weighted by Gasteiger charge is -2.10. The molecular formula is C14H24N2O2. The number of aromatic nitrogens is 2. The van der Waals surface area contributed by atoms with E-state index in [1.54, 1.807) is 0 Å². The third kappa shape index (κ3) is 3.34. The second kappa shape index (κ2) is 6.03. The van der Waals surface area contributed by atoms with Gasteiger partial charge in [-0.2, -0.15) is 5.10 Å². The summed E-state index contributed by atoms with van der Waals surface area (Å²) in [6.07, 6.45) is 0.697. The maximum Gasteiger partial charge on any atom is 0.308 e. The molecule has 0 N–H and O–H groups in total. The van der Waals surface area contributed by atoms with Crippen LogP contribution in [0.1, 0.15) is 37.7 Å². The van der Waals surface area contributed by atoms with E-state index in [2.05, 4.69) is 25.9 Å². The van der Waals surface area contributed by atoms with E-state index < -0.39 is 0 Å². The lowest BCUT2D eigenvalue weighted by Crippen LogP contribution is -2.16. The van der Waals surface area contributed by atoms with Crippen LogP contribution in [0.2, 0.25) is 0 Å². The molecule has 1 unspecified atom stereocenters. The summed E-state index contributed by atoms with van der Waals surface area (Å²) in [5, 5.41) is 4.55. The van der Waals surface area contributed by atoms with Crippen molar-refractivity contribution in [3.05, 3.63) is 17.0 Å². The normalized spacial score (nSPS) is 12.8. The van der Waals surface area contributed by atoms with Crippen molar-refractivity contribution in [1.29, 1.82) is 0 Å². The number of carbonyl (C=O) groups excluding carboxylic acids is 1. The smallest absolute Gasteiger partial charge is 0.308 e. The summed E-state index contributed by atoms with van der Waals surface area (Å²) in [5.41, 5.74) is 3.36. The average molecular weight is 252 g/mol. The molecule has 0 amide bonds. The molecule has 0 saturated heterocycles. The van der Waals surface area contributed by atoms with E-state index in [0.717, 1.165) is 17.9 Å². The fourth-order valence-electron chi connectivity index (χ4n) is 2.14. The van der Waals surface area contributed by atoms with Crippen molar-refractivity contribution in [3.8, 4) is 0 Å². The van der Waals surface area contributed by atoms with Gasteiger partial charge in [-0.15, -0.1) is 0 Å². The molecule has 1 atom stereocenters. The summed E-state index contributed by atoms with van der Waals surface area (Å²) >= 11 is 0. The van der Waals surface area contributed by atoms with Gasteiger partial charge in [0.2, 0.25) is 0 Å². The molecule has 1 aromatic rings. The van der Waals surface area contributed by atoms with Crippen molar-refractivity contribution in [2.75, 3.05) is 7.11 Å². The molecular weight excluding hydrogens is 228 g/mol. The van der Waals surface area contributed by atoms with E-state index in [1.807, 2.05) is 18.5 Å². The molecule has 0 aliphatic carbocycles. The summed E-state index contributed by atoms with van der Waals surface area (Å²) in [6.45, 7) is 11.2. The zero-order valence-electron chi connectivity index (χ0n) is 12.3. The first-order chi connectivity index (χ1) is 8.36. The van der Waals surface area contributed by atoms with Gasteiger partial charge in [0.1, 0.15) is 0 Å². The first-order valence-electron chi connectivity index (χ1n) is 6.47. The highest BCUT2D eigenvalue weighted by molar-refractivity contribution is 5.72. The van der Waals surface area contributed by atoms with Gasteiger partial charge in [0.05, 0.1) is 18.7 Å². The summed E-state index contributed by atoms with van der Waals surface area (Å²) in [6, 6.07) is 0. The highest BCUT2D eigenvalue weighted by Gasteiger charge is 2.19. The topological polar surface area (TPSA) is 44.1 Å². The van der Waals surface area contributed by atoms with Crippen LogP contribution in [0, 0.1) is 25.7 Å². The predicted octanol–water partition coefficient (Wildman–Crippen LogP) is 2.51. The minimum Gasteiger partial charge on any atom is -0.469 e. The molecule has 0 fully saturated rings. The summed E-state index contributed by atoms with van der Waals surface area (Å²) in [4.78, 5) is 11.5. The third-order valence-corrected chi connectivity index (χ3v) is 3.18. The van der Waals surface area contributed by atoms with Gasteiger partial charge in [-0.05, 0) is 31.7 Å². The van der Waals surface area contributed by atoms with Gasteiger partial charge in [-0.25, -0.2) is 0 Å². The molecule has 1 rings (SSSR count). The Kier molecular flexibility index (Phi) is 4.93. The number of aryl methyl sites for hydroxylation is 1. The number of methoxy groups -OCH3 is 1. The fourth-order valence-corrected chi connectivity index (χ4v) is 2.14.